The summed E-state index contributed by atoms with van der Waals surface area (Å²) in [5.41, 5.74) is 5.45. The number of nitrogens with one attached hydrogen (secondary N) is 2. The molecule has 47 heavy (non-hydrogen) atoms. The van der Waals surface area contributed by atoms with Gasteiger partial charge in [-0.25, -0.2) is 13.8 Å². The normalized spacial score (nSPS) is 14.6. The van der Waals surface area contributed by atoms with Crippen LogP contribution in [0.5, 0.6) is 5.75 Å². The largest absolute Gasteiger partial charge is 0.484 e. The van der Waals surface area contributed by atoms with Crippen molar-refractivity contribution in [2.24, 2.45) is 5.10 Å². The molecule has 2 amide bonds. The third-order valence-electron chi connectivity index (χ3n) is 7.49. The van der Waals surface area contributed by atoms with Gasteiger partial charge in [0.15, 0.2) is 6.61 Å². The first-order valence-electron chi connectivity index (χ1n) is 15.1. The topological polar surface area (TPSA) is 126 Å². The zero-order valence-electron chi connectivity index (χ0n) is 25.8. The Bertz CT molecular complexity index is 1810. The number of rotatable bonds is 13. The molecule has 2 N–H and O–H groups in total. The van der Waals surface area contributed by atoms with Gasteiger partial charge in [-0.2, -0.15) is 5.10 Å². The minimum absolute atomic E-state index is 0.0261. The van der Waals surface area contributed by atoms with Gasteiger partial charge in [-0.1, -0.05) is 48.0 Å². The van der Waals surface area contributed by atoms with Gasteiger partial charge in [0.05, 0.1) is 29.4 Å². The van der Waals surface area contributed by atoms with Crippen LogP contribution in [0.1, 0.15) is 39.9 Å². The highest BCUT2D eigenvalue weighted by molar-refractivity contribution is 7.92. The van der Waals surface area contributed by atoms with Gasteiger partial charge in [0, 0.05) is 23.7 Å². The number of hydrazone groups is 1. The maximum atomic E-state index is 13.7. The molecule has 10 nitrogen and oxygen atoms in total. The molecule has 4 aromatic carbocycles. The number of ether oxygens (including phenoxy) is 2. The number of hydrogen-bond acceptors (Lipinski definition) is 7. The molecule has 0 unspecified atom stereocenters. The summed E-state index contributed by atoms with van der Waals surface area (Å²) >= 11 is 6.25. The molecule has 0 radical (unpaired) electrons. The van der Waals surface area contributed by atoms with E-state index in [1.165, 1.54) is 10.5 Å². The fraction of sp³-hybridized carbons (Fsp3) is 0.229. The van der Waals surface area contributed by atoms with Crippen LogP contribution in [0.2, 0.25) is 5.02 Å². The highest BCUT2D eigenvalue weighted by atomic mass is 35.5. The zero-order valence-corrected chi connectivity index (χ0v) is 27.3. The number of anilines is 1. The summed E-state index contributed by atoms with van der Waals surface area (Å²) in [5.74, 6) is -0.118. The van der Waals surface area contributed by atoms with E-state index in [1.54, 1.807) is 97.1 Å². The fourth-order valence-corrected chi connectivity index (χ4v) is 6.61. The standard InChI is InChI=1S/C35H35ClN4O6S/c1-25-9-16-29(36)20-33(25)40(47(43,44)32-7-3-2-4-8-32)23-27-10-14-28(15-11-27)35(42)39-38-21-26-12-17-30(18-13-26)46-24-34(41)37-22-31-6-5-19-45-31/h2-4,7-18,20-21,31H,5-6,19,22-24H2,1H3,(H,37,41)(H,39,42)/b38-21-/t31-/m1/s1. The summed E-state index contributed by atoms with van der Waals surface area (Å²) in [7, 11) is -3.93. The Hall–Kier alpha value is -4.71. The molecule has 244 valence electrons. The van der Waals surface area contributed by atoms with Crippen molar-refractivity contribution in [3.8, 4) is 5.75 Å². The number of amides is 2. The fourth-order valence-electron chi connectivity index (χ4n) is 4.91. The Morgan fingerprint density at radius 1 is 1.02 bits per heavy atom. The van der Waals surface area contributed by atoms with Crippen LogP contribution in [0.15, 0.2) is 107 Å². The molecule has 1 heterocycles. The lowest BCUT2D eigenvalue weighted by atomic mass is 10.1. The minimum Gasteiger partial charge on any atom is -0.484 e. The second-order valence-electron chi connectivity index (χ2n) is 10.9. The Labute approximate surface area is 279 Å². The van der Waals surface area contributed by atoms with Gasteiger partial charge in [0.2, 0.25) is 0 Å². The maximum Gasteiger partial charge on any atom is 0.271 e. The van der Waals surface area contributed by atoms with Gasteiger partial charge in [0.1, 0.15) is 5.75 Å². The first-order valence-corrected chi connectivity index (χ1v) is 16.9. The molecule has 0 bridgehead atoms. The Morgan fingerprint density at radius 2 is 1.77 bits per heavy atom. The molecule has 0 saturated carbocycles. The summed E-state index contributed by atoms with van der Waals surface area (Å²) in [6.45, 7) is 2.97. The molecule has 0 aromatic heterocycles. The number of carbonyl (C=O) groups is 2. The van der Waals surface area contributed by atoms with E-state index in [9.17, 15) is 18.0 Å². The van der Waals surface area contributed by atoms with Crippen molar-refractivity contribution in [1.29, 1.82) is 0 Å². The van der Waals surface area contributed by atoms with E-state index in [0.717, 1.165) is 25.0 Å². The van der Waals surface area contributed by atoms with E-state index in [-0.39, 0.29) is 30.1 Å². The molecule has 1 aliphatic heterocycles. The number of hydrogen-bond donors (Lipinski definition) is 2. The summed E-state index contributed by atoms with van der Waals surface area (Å²) < 4.78 is 39.8. The predicted molar refractivity (Wildman–Crippen MR) is 181 cm³/mol. The van der Waals surface area contributed by atoms with E-state index in [4.69, 9.17) is 21.1 Å². The Morgan fingerprint density at radius 3 is 2.47 bits per heavy atom. The highest BCUT2D eigenvalue weighted by Gasteiger charge is 2.26. The molecule has 1 aliphatic rings. The van der Waals surface area contributed by atoms with Gasteiger partial charge in [0.25, 0.3) is 21.8 Å². The van der Waals surface area contributed by atoms with Gasteiger partial charge in [-0.15, -0.1) is 0 Å². The SMILES string of the molecule is Cc1ccc(Cl)cc1N(Cc1ccc(C(=O)N/N=C\c2ccc(OCC(=O)NC[C@H]3CCCO3)cc2)cc1)S(=O)(=O)c1ccccc1. The predicted octanol–water partition coefficient (Wildman–Crippen LogP) is 5.48. The van der Waals surface area contributed by atoms with Crippen LogP contribution in [-0.4, -0.2) is 52.3 Å². The Kier molecular flexibility index (Phi) is 11.3. The van der Waals surface area contributed by atoms with Crippen molar-refractivity contribution in [2.75, 3.05) is 24.1 Å². The van der Waals surface area contributed by atoms with Crippen LogP contribution < -0.4 is 19.8 Å². The molecule has 1 atom stereocenters. The maximum absolute atomic E-state index is 13.7. The first kappa shape index (κ1) is 33.6. The first-order chi connectivity index (χ1) is 22.7. The lowest BCUT2D eigenvalue weighted by Crippen LogP contribution is -2.35. The van der Waals surface area contributed by atoms with Crippen molar-refractivity contribution < 1.29 is 27.5 Å². The molecule has 1 fully saturated rings. The lowest BCUT2D eigenvalue weighted by molar-refractivity contribution is -0.123. The molecule has 4 aromatic rings. The van der Waals surface area contributed by atoms with Crippen molar-refractivity contribution in [2.45, 2.75) is 37.3 Å². The van der Waals surface area contributed by atoms with Gasteiger partial charge >= 0.3 is 0 Å². The summed E-state index contributed by atoms with van der Waals surface area (Å²) in [6.07, 6.45) is 3.53. The van der Waals surface area contributed by atoms with Crippen LogP contribution in [0, 0.1) is 6.92 Å². The van der Waals surface area contributed by atoms with E-state index >= 15 is 0 Å². The van der Waals surface area contributed by atoms with Gasteiger partial charge in [-0.3, -0.25) is 13.9 Å². The van der Waals surface area contributed by atoms with Crippen molar-refractivity contribution >= 4 is 45.3 Å². The molecule has 0 spiro atoms. The number of sulfonamides is 1. The molecule has 0 aliphatic carbocycles. The lowest BCUT2D eigenvalue weighted by Gasteiger charge is -2.26. The molecule has 1 saturated heterocycles. The average molecular weight is 675 g/mol. The second-order valence-corrected chi connectivity index (χ2v) is 13.2. The molecule has 5 rings (SSSR count). The number of aryl methyl sites for hydroxylation is 1. The summed E-state index contributed by atoms with van der Waals surface area (Å²) in [4.78, 5) is 24.9. The van der Waals surface area contributed by atoms with Crippen LogP contribution in [0.25, 0.3) is 0 Å². The van der Waals surface area contributed by atoms with Gasteiger partial charge in [-0.05, 0) is 97.1 Å². The van der Waals surface area contributed by atoms with Crippen molar-refractivity contribution in [3.63, 3.8) is 0 Å². The molecular formula is C35H35ClN4O6S. The van der Waals surface area contributed by atoms with Crippen molar-refractivity contribution in [1.82, 2.24) is 10.7 Å². The Balaban J connectivity index is 1.16. The number of nitrogens with zero attached hydrogens (tertiary/aromatic N) is 2. The highest BCUT2D eigenvalue weighted by Crippen LogP contribution is 2.31. The zero-order chi connectivity index (χ0) is 33.2. The van der Waals surface area contributed by atoms with Crippen LogP contribution in [-0.2, 0) is 26.1 Å². The summed E-state index contributed by atoms with van der Waals surface area (Å²) in [6, 6.07) is 26.9. The second kappa shape index (κ2) is 15.7. The number of halogens is 1. The smallest absolute Gasteiger partial charge is 0.271 e. The average Bonchev–Trinajstić information content (AvgIpc) is 3.61. The van der Waals surface area contributed by atoms with Gasteiger partial charge < -0.3 is 14.8 Å². The minimum atomic E-state index is -3.93. The molecule has 12 heteroatoms. The van der Waals surface area contributed by atoms with Crippen LogP contribution >= 0.6 is 11.6 Å². The third-order valence-corrected chi connectivity index (χ3v) is 9.50. The van der Waals surface area contributed by atoms with Crippen LogP contribution in [0.4, 0.5) is 5.69 Å². The van der Waals surface area contributed by atoms with E-state index in [2.05, 4.69) is 15.8 Å². The van der Waals surface area contributed by atoms with Crippen LogP contribution in [0.3, 0.4) is 0 Å². The number of carbonyl (C=O) groups excluding carboxylic acids is 2. The van der Waals surface area contributed by atoms with E-state index in [0.29, 0.717) is 39.7 Å². The van der Waals surface area contributed by atoms with E-state index in [1.807, 2.05) is 6.92 Å². The summed E-state index contributed by atoms with van der Waals surface area (Å²) in [5, 5.41) is 7.27. The third kappa shape index (κ3) is 9.19. The quantitative estimate of drug-likeness (QED) is 0.143. The molecular weight excluding hydrogens is 640 g/mol. The van der Waals surface area contributed by atoms with Crippen molar-refractivity contribution in [3.05, 3.63) is 124 Å². The number of benzene rings is 4. The van der Waals surface area contributed by atoms with E-state index < -0.39 is 15.9 Å². The monoisotopic (exact) mass is 674 g/mol.